The number of nitrogens with two attached hydrogens (primary N) is 1. The van der Waals surface area contributed by atoms with Gasteiger partial charge >= 0.3 is 0 Å². The lowest BCUT2D eigenvalue weighted by Crippen LogP contribution is -2.50. The lowest BCUT2D eigenvalue weighted by Gasteiger charge is -2.38. The van der Waals surface area contributed by atoms with Crippen molar-refractivity contribution in [2.45, 2.75) is 57.8 Å². The van der Waals surface area contributed by atoms with Crippen molar-refractivity contribution in [1.82, 2.24) is 10.2 Å². The molecule has 0 spiro atoms. The van der Waals surface area contributed by atoms with Gasteiger partial charge in [-0.1, -0.05) is 6.92 Å². The molecule has 2 aromatic carbocycles. The normalized spacial score (nSPS) is 23.4. The number of benzene rings is 2. The third-order valence-corrected chi connectivity index (χ3v) is 6.42. The molecule has 10 heteroatoms. The molecule has 0 saturated carbocycles. The first-order chi connectivity index (χ1) is 17.1. The molecule has 0 fully saturated rings. The maximum atomic E-state index is 14.0. The number of carbonyl (C=O) groups excluding carboxylic acids is 2. The minimum Gasteiger partial charge on any atom is -0.494 e. The van der Waals surface area contributed by atoms with Gasteiger partial charge in [0.2, 0.25) is 5.91 Å². The van der Waals surface area contributed by atoms with Crippen molar-refractivity contribution < 1.29 is 28.6 Å². The number of hydrogen-bond donors (Lipinski definition) is 3. The molecule has 2 aliphatic rings. The molecule has 4 rings (SSSR count). The zero-order chi connectivity index (χ0) is 26.0. The van der Waals surface area contributed by atoms with Gasteiger partial charge in [-0.25, -0.2) is 9.38 Å². The number of nitrogens with zero attached hydrogens (tertiary/aromatic N) is 2. The van der Waals surface area contributed by atoms with E-state index >= 15 is 0 Å². The van der Waals surface area contributed by atoms with Crippen LogP contribution in [0.5, 0.6) is 11.5 Å². The number of amides is 2. The van der Waals surface area contributed by atoms with Crippen LogP contribution in [-0.2, 0) is 11.3 Å². The molecule has 2 heterocycles. The van der Waals surface area contributed by atoms with Crippen molar-refractivity contribution in [1.29, 1.82) is 0 Å². The zero-order valence-corrected chi connectivity index (χ0v) is 20.6. The number of carbonyl (C=O) groups is 2. The van der Waals surface area contributed by atoms with Crippen LogP contribution in [0, 0.1) is 5.82 Å². The second-order valence-electron chi connectivity index (χ2n) is 9.22. The Morgan fingerprint density at radius 1 is 1.33 bits per heavy atom. The molecule has 0 radical (unpaired) electrons. The van der Waals surface area contributed by atoms with Crippen LogP contribution in [0.25, 0.3) is 0 Å². The number of ether oxygens (including phenoxy) is 2. The first-order valence-corrected chi connectivity index (χ1v) is 12.0. The van der Waals surface area contributed by atoms with Crippen molar-refractivity contribution in [2.24, 2.45) is 10.7 Å². The number of rotatable bonds is 7. The van der Waals surface area contributed by atoms with Crippen LogP contribution in [0.2, 0.25) is 0 Å². The number of hydrogen-bond acceptors (Lipinski definition) is 7. The van der Waals surface area contributed by atoms with Gasteiger partial charge in [0.25, 0.3) is 5.91 Å². The van der Waals surface area contributed by atoms with E-state index in [1.54, 1.807) is 18.2 Å². The van der Waals surface area contributed by atoms with E-state index in [4.69, 9.17) is 15.2 Å². The van der Waals surface area contributed by atoms with Crippen molar-refractivity contribution in [2.75, 3.05) is 13.2 Å². The Kier molecular flexibility index (Phi) is 7.16. The minimum absolute atomic E-state index is 0.0699. The summed E-state index contributed by atoms with van der Waals surface area (Å²) in [5, 5.41) is 13.7. The Morgan fingerprint density at radius 2 is 2.11 bits per heavy atom. The molecule has 36 heavy (non-hydrogen) atoms. The average Bonchev–Trinajstić information content (AvgIpc) is 2.84. The van der Waals surface area contributed by atoms with E-state index < -0.39 is 23.4 Å². The van der Waals surface area contributed by atoms with Crippen LogP contribution >= 0.6 is 0 Å². The molecule has 4 N–H and O–H groups in total. The molecule has 2 aromatic rings. The molecule has 0 aromatic heterocycles. The quantitative estimate of drug-likeness (QED) is 0.539. The third-order valence-electron chi connectivity index (χ3n) is 6.42. The highest BCUT2D eigenvalue weighted by molar-refractivity contribution is 5.99. The Morgan fingerprint density at radius 3 is 2.81 bits per heavy atom. The highest BCUT2D eigenvalue weighted by atomic mass is 19.1. The van der Waals surface area contributed by atoms with Gasteiger partial charge < -0.3 is 25.6 Å². The predicted octanol–water partition coefficient (Wildman–Crippen LogP) is 2.66. The Hall–Kier alpha value is -3.66. The maximum absolute atomic E-state index is 14.0. The van der Waals surface area contributed by atoms with Crippen molar-refractivity contribution in [3.05, 3.63) is 58.9 Å². The summed E-state index contributed by atoms with van der Waals surface area (Å²) in [6.45, 7) is 5.71. The van der Waals surface area contributed by atoms with Crippen LogP contribution in [0.3, 0.4) is 0 Å². The molecule has 2 aliphatic heterocycles. The van der Waals surface area contributed by atoms with Gasteiger partial charge in [0, 0.05) is 23.1 Å². The lowest BCUT2D eigenvalue weighted by atomic mass is 9.87. The van der Waals surface area contributed by atoms with Gasteiger partial charge in [0.15, 0.2) is 5.96 Å². The average molecular weight is 499 g/mol. The van der Waals surface area contributed by atoms with Gasteiger partial charge in [0.05, 0.1) is 25.2 Å². The van der Waals surface area contributed by atoms with Crippen molar-refractivity contribution >= 4 is 17.8 Å². The number of aliphatic hydroxyl groups is 1. The number of guanidine groups is 1. The molecule has 0 saturated heterocycles. The molecular formula is C26H31FN4O5. The molecule has 0 bridgehead atoms. The van der Waals surface area contributed by atoms with Gasteiger partial charge in [-0.3, -0.25) is 14.5 Å². The van der Waals surface area contributed by atoms with Crippen molar-refractivity contribution in [3.8, 4) is 11.5 Å². The SMILES string of the molecule is CCOc1ccc(C(=O)NC2c3cc(F)ccc3OCC2(C)O)cc1CN1C(=O)CC(CC)N=C1N. The molecule has 9 nitrogen and oxygen atoms in total. The summed E-state index contributed by atoms with van der Waals surface area (Å²) in [7, 11) is 0. The predicted molar refractivity (Wildman–Crippen MR) is 131 cm³/mol. The van der Waals surface area contributed by atoms with E-state index in [9.17, 15) is 19.1 Å². The highest BCUT2D eigenvalue weighted by Gasteiger charge is 2.41. The molecule has 192 valence electrons. The van der Waals surface area contributed by atoms with E-state index in [1.165, 1.54) is 30.0 Å². The van der Waals surface area contributed by atoms with E-state index in [1.807, 2.05) is 13.8 Å². The highest BCUT2D eigenvalue weighted by Crippen LogP contribution is 2.38. The van der Waals surface area contributed by atoms with E-state index in [0.717, 1.165) is 0 Å². The van der Waals surface area contributed by atoms with Gasteiger partial charge in [-0.15, -0.1) is 0 Å². The topological polar surface area (TPSA) is 126 Å². The standard InChI is InChI=1S/C26H31FN4O5/c1-4-18-12-22(32)31(25(28)29-18)13-16-10-15(6-8-20(16)35-5-2)24(33)30-23-19-11-17(27)7-9-21(19)36-14-26(23,3)34/h6-11,18,23,34H,4-5,12-14H2,1-3H3,(H2,28,29)(H,30,33). The summed E-state index contributed by atoms with van der Waals surface area (Å²) in [6.07, 6.45) is 0.972. The van der Waals surface area contributed by atoms with Gasteiger partial charge in [-0.2, -0.15) is 0 Å². The third kappa shape index (κ3) is 5.13. The number of halogens is 1. The molecule has 3 unspecified atom stereocenters. The first-order valence-electron chi connectivity index (χ1n) is 12.0. The van der Waals surface area contributed by atoms with E-state index in [-0.39, 0.29) is 43.0 Å². The first kappa shape index (κ1) is 25.4. The summed E-state index contributed by atoms with van der Waals surface area (Å²) in [4.78, 5) is 31.8. The maximum Gasteiger partial charge on any atom is 0.251 e. The summed E-state index contributed by atoms with van der Waals surface area (Å²) in [5.41, 5.74) is 5.82. The van der Waals surface area contributed by atoms with Crippen LogP contribution < -0.4 is 20.5 Å². The molecular weight excluding hydrogens is 467 g/mol. The largest absolute Gasteiger partial charge is 0.494 e. The minimum atomic E-state index is -1.47. The fourth-order valence-electron chi connectivity index (χ4n) is 4.42. The fourth-order valence-corrected chi connectivity index (χ4v) is 4.42. The van der Waals surface area contributed by atoms with Crippen LogP contribution in [0.1, 0.15) is 61.1 Å². The van der Waals surface area contributed by atoms with Crippen LogP contribution in [0.4, 0.5) is 4.39 Å². The fraction of sp³-hybridized carbons (Fsp3) is 0.423. The molecule has 2 amide bonds. The van der Waals surface area contributed by atoms with Gasteiger partial charge in [0.1, 0.15) is 29.5 Å². The number of nitrogens with one attached hydrogen (secondary N) is 1. The number of fused-ring (bicyclic) bond motifs is 1. The smallest absolute Gasteiger partial charge is 0.251 e. The van der Waals surface area contributed by atoms with Crippen LogP contribution in [0.15, 0.2) is 41.4 Å². The summed E-state index contributed by atoms with van der Waals surface area (Å²) in [6, 6.07) is 7.79. The Bertz CT molecular complexity index is 1200. The monoisotopic (exact) mass is 498 g/mol. The van der Waals surface area contributed by atoms with E-state index in [2.05, 4.69) is 10.3 Å². The number of aliphatic imine (C=N–C) groups is 1. The Labute approximate surface area is 209 Å². The summed E-state index contributed by atoms with van der Waals surface area (Å²) < 4.78 is 25.2. The van der Waals surface area contributed by atoms with Crippen LogP contribution in [-0.4, -0.2) is 52.6 Å². The molecule has 0 aliphatic carbocycles. The van der Waals surface area contributed by atoms with E-state index in [0.29, 0.717) is 35.7 Å². The molecule has 3 atom stereocenters. The van der Waals surface area contributed by atoms with Gasteiger partial charge in [-0.05, 0) is 56.7 Å². The second-order valence-corrected chi connectivity index (χ2v) is 9.22. The second kappa shape index (κ2) is 10.1. The summed E-state index contributed by atoms with van der Waals surface area (Å²) >= 11 is 0. The summed E-state index contributed by atoms with van der Waals surface area (Å²) in [5.74, 6) is -0.106. The lowest BCUT2D eigenvalue weighted by molar-refractivity contribution is -0.128. The zero-order valence-electron chi connectivity index (χ0n) is 20.6. The Balaban J connectivity index is 1.62. The van der Waals surface area contributed by atoms with Crippen molar-refractivity contribution in [3.63, 3.8) is 0 Å².